The summed E-state index contributed by atoms with van der Waals surface area (Å²) in [4.78, 5) is 10.2. The Morgan fingerprint density at radius 3 is 3.00 bits per heavy atom. The molecule has 7 heteroatoms. The molecule has 1 rings (SSSR count). The number of ether oxygens (including phenoxy) is 1. The summed E-state index contributed by atoms with van der Waals surface area (Å²) in [6.45, 7) is 1.35. The fraction of sp³-hybridized carbons (Fsp3) is 0.364. The van der Waals surface area contributed by atoms with Crippen molar-refractivity contribution in [1.29, 1.82) is 0 Å². The van der Waals surface area contributed by atoms with E-state index in [-0.39, 0.29) is 5.69 Å². The lowest BCUT2D eigenvalue weighted by atomic mass is 10.3. The third kappa shape index (κ3) is 5.07. The zero-order valence-electron chi connectivity index (χ0n) is 10.0. The Hall–Kier alpha value is -1.73. The molecule has 0 heterocycles. The van der Waals surface area contributed by atoms with Gasteiger partial charge in [0.05, 0.1) is 4.92 Å². The minimum Gasteiger partial charge on any atom is -0.385 e. The molecule has 1 aromatic carbocycles. The molecule has 0 aromatic heterocycles. The van der Waals surface area contributed by atoms with Crippen LogP contribution >= 0.6 is 12.2 Å². The maximum atomic E-state index is 10.6. The number of benzene rings is 1. The van der Waals surface area contributed by atoms with E-state index in [1.165, 1.54) is 12.1 Å². The molecule has 0 fully saturated rings. The third-order valence-electron chi connectivity index (χ3n) is 2.13. The summed E-state index contributed by atoms with van der Waals surface area (Å²) in [5.41, 5.74) is 0.621. The molecular formula is C11H15N3O3S. The number of nitrogens with one attached hydrogen (secondary N) is 2. The maximum absolute atomic E-state index is 10.6. The molecule has 0 bridgehead atoms. The number of anilines is 1. The molecule has 18 heavy (non-hydrogen) atoms. The van der Waals surface area contributed by atoms with E-state index in [0.717, 1.165) is 6.42 Å². The van der Waals surface area contributed by atoms with E-state index >= 15 is 0 Å². The van der Waals surface area contributed by atoms with Gasteiger partial charge in [-0.2, -0.15) is 0 Å². The second-order valence-electron chi connectivity index (χ2n) is 3.53. The van der Waals surface area contributed by atoms with Crippen LogP contribution in [0, 0.1) is 10.1 Å². The first-order chi connectivity index (χ1) is 8.63. The molecule has 0 aliphatic rings. The van der Waals surface area contributed by atoms with Gasteiger partial charge in [-0.3, -0.25) is 10.1 Å². The van der Waals surface area contributed by atoms with Crippen molar-refractivity contribution in [1.82, 2.24) is 5.32 Å². The molecule has 0 atom stereocenters. The monoisotopic (exact) mass is 269 g/mol. The lowest BCUT2D eigenvalue weighted by Crippen LogP contribution is -2.29. The van der Waals surface area contributed by atoms with Crippen LogP contribution in [0.1, 0.15) is 6.42 Å². The molecular weight excluding hydrogens is 254 g/mol. The van der Waals surface area contributed by atoms with Crippen molar-refractivity contribution >= 4 is 28.7 Å². The Labute approximate surface area is 110 Å². The first-order valence-corrected chi connectivity index (χ1v) is 5.82. The fourth-order valence-corrected chi connectivity index (χ4v) is 1.51. The first kappa shape index (κ1) is 14.3. The topological polar surface area (TPSA) is 76.4 Å². The van der Waals surface area contributed by atoms with E-state index in [1.54, 1.807) is 19.2 Å². The second-order valence-corrected chi connectivity index (χ2v) is 3.94. The van der Waals surface area contributed by atoms with Gasteiger partial charge in [-0.05, 0) is 24.7 Å². The van der Waals surface area contributed by atoms with Gasteiger partial charge in [0, 0.05) is 38.1 Å². The van der Waals surface area contributed by atoms with Crippen molar-refractivity contribution in [3.8, 4) is 0 Å². The molecule has 0 saturated carbocycles. The summed E-state index contributed by atoms with van der Waals surface area (Å²) in [7, 11) is 1.64. The lowest BCUT2D eigenvalue weighted by molar-refractivity contribution is -0.384. The van der Waals surface area contributed by atoms with Gasteiger partial charge in [0.1, 0.15) is 0 Å². The smallest absolute Gasteiger partial charge is 0.271 e. The number of non-ortho nitro benzene ring substituents is 1. The van der Waals surface area contributed by atoms with Gasteiger partial charge < -0.3 is 15.4 Å². The molecule has 0 saturated heterocycles. The van der Waals surface area contributed by atoms with Crippen LogP contribution in [-0.2, 0) is 4.74 Å². The number of thiocarbonyl (C=S) groups is 1. The summed E-state index contributed by atoms with van der Waals surface area (Å²) in [5, 5.41) is 16.9. The number of hydrogen-bond acceptors (Lipinski definition) is 4. The highest BCUT2D eigenvalue weighted by Crippen LogP contribution is 2.16. The molecule has 2 N–H and O–H groups in total. The number of nitrogens with zero attached hydrogens (tertiary/aromatic N) is 1. The SMILES string of the molecule is COCCCNC(=S)Nc1cccc([N+](=O)[O-])c1. The average molecular weight is 269 g/mol. The molecule has 98 valence electrons. The van der Waals surface area contributed by atoms with Crippen molar-refractivity contribution in [3.05, 3.63) is 34.4 Å². The summed E-state index contributed by atoms with van der Waals surface area (Å²) < 4.78 is 4.91. The minimum atomic E-state index is -0.444. The Morgan fingerprint density at radius 1 is 1.56 bits per heavy atom. The molecule has 1 aromatic rings. The predicted molar refractivity (Wildman–Crippen MR) is 73.8 cm³/mol. The van der Waals surface area contributed by atoms with Crippen LogP contribution in [0.15, 0.2) is 24.3 Å². The van der Waals surface area contributed by atoms with E-state index in [1.807, 2.05) is 0 Å². The normalized spacial score (nSPS) is 9.83. The largest absolute Gasteiger partial charge is 0.385 e. The van der Waals surface area contributed by atoms with E-state index in [2.05, 4.69) is 10.6 Å². The van der Waals surface area contributed by atoms with Crippen LogP contribution < -0.4 is 10.6 Å². The van der Waals surface area contributed by atoms with Crippen LogP contribution in [0.2, 0.25) is 0 Å². The number of rotatable bonds is 6. The maximum Gasteiger partial charge on any atom is 0.271 e. The van der Waals surface area contributed by atoms with Gasteiger partial charge in [0.25, 0.3) is 5.69 Å². The van der Waals surface area contributed by atoms with Gasteiger partial charge in [-0.1, -0.05) is 6.07 Å². The fourth-order valence-electron chi connectivity index (χ4n) is 1.29. The van der Waals surface area contributed by atoms with E-state index in [0.29, 0.717) is 24.0 Å². The standard InChI is InChI=1S/C11H15N3O3S/c1-17-7-3-6-12-11(18)13-9-4-2-5-10(8-9)14(15)16/h2,4-5,8H,3,6-7H2,1H3,(H2,12,13,18). The molecule has 6 nitrogen and oxygen atoms in total. The van der Waals surface area contributed by atoms with Gasteiger partial charge in [0.2, 0.25) is 0 Å². The molecule has 0 radical (unpaired) electrons. The van der Waals surface area contributed by atoms with Crippen LogP contribution in [0.5, 0.6) is 0 Å². The first-order valence-electron chi connectivity index (χ1n) is 5.41. The third-order valence-corrected chi connectivity index (χ3v) is 2.37. The van der Waals surface area contributed by atoms with Crippen molar-refractivity contribution in [2.24, 2.45) is 0 Å². The van der Waals surface area contributed by atoms with Gasteiger partial charge >= 0.3 is 0 Å². The number of hydrogen-bond donors (Lipinski definition) is 2. The van der Waals surface area contributed by atoms with Crippen molar-refractivity contribution in [2.75, 3.05) is 25.6 Å². The Morgan fingerprint density at radius 2 is 2.33 bits per heavy atom. The number of methoxy groups -OCH3 is 1. The van der Waals surface area contributed by atoms with Crippen LogP contribution in [0.4, 0.5) is 11.4 Å². The molecule has 0 spiro atoms. The Bertz CT molecular complexity index is 426. The summed E-state index contributed by atoms with van der Waals surface area (Å²) in [6, 6.07) is 6.19. The summed E-state index contributed by atoms with van der Waals surface area (Å²) >= 11 is 5.06. The average Bonchev–Trinajstić information content (AvgIpc) is 2.35. The van der Waals surface area contributed by atoms with E-state index in [9.17, 15) is 10.1 Å². The molecule has 0 aliphatic carbocycles. The second kappa shape index (κ2) is 7.57. The van der Waals surface area contributed by atoms with Gasteiger partial charge in [0.15, 0.2) is 5.11 Å². The summed E-state index contributed by atoms with van der Waals surface area (Å²) in [5.74, 6) is 0. The van der Waals surface area contributed by atoms with Crippen LogP contribution in [0.25, 0.3) is 0 Å². The highest BCUT2D eigenvalue weighted by atomic mass is 32.1. The molecule has 0 aliphatic heterocycles. The Balaban J connectivity index is 2.44. The van der Waals surface area contributed by atoms with Crippen molar-refractivity contribution in [2.45, 2.75) is 6.42 Å². The highest BCUT2D eigenvalue weighted by molar-refractivity contribution is 7.80. The van der Waals surface area contributed by atoms with Crippen LogP contribution in [0.3, 0.4) is 0 Å². The predicted octanol–water partition coefficient (Wildman–Crippen LogP) is 1.92. The zero-order chi connectivity index (χ0) is 13.4. The molecule has 0 amide bonds. The zero-order valence-corrected chi connectivity index (χ0v) is 10.8. The number of nitro benzene ring substituents is 1. The van der Waals surface area contributed by atoms with Crippen molar-refractivity contribution in [3.63, 3.8) is 0 Å². The van der Waals surface area contributed by atoms with Crippen molar-refractivity contribution < 1.29 is 9.66 Å². The van der Waals surface area contributed by atoms with Gasteiger partial charge in [-0.15, -0.1) is 0 Å². The highest BCUT2D eigenvalue weighted by Gasteiger charge is 2.06. The number of nitro groups is 1. The Kier molecular flexibility index (Phi) is 6.03. The minimum absolute atomic E-state index is 0.0298. The van der Waals surface area contributed by atoms with E-state index in [4.69, 9.17) is 17.0 Å². The molecule has 0 unspecified atom stereocenters. The van der Waals surface area contributed by atoms with Crippen LogP contribution in [-0.4, -0.2) is 30.3 Å². The lowest BCUT2D eigenvalue weighted by Gasteiger charge is -2.09. The quantitative estimate of drug-likeness (QED) is 0.355. The van der Waals surface area contributed by atoms with E-state index < -0.39 is 4.92 Å². The summed E-state index contributed by atoms with van der Waals surface area (Å²) in [6.07, 6.45) is 0.841. The van der Waals surface area contributed by atoms with Gasteiger partial charge in [-0.25, -0.2) is 0 Å².